The van der Waals surface area contributed by atoms with E-state index in [1.54, 1.807) is 0 Å². The Hall–Kier alpha value is -0.436. The fraction of sp³-hybridized carbons (Fsp3) is 0.720. The molecule has 3 rings (SSSR count). The summed E-state index contributed by atoms with van der Waals surface area (Å²) in [4.78, 5) is 0. The van der Waals surface area contributed by atoms with Crippen LogP contribution in [0.4, 0.5) is 0 Å². The summed E-state index contributed by atoms with van der Waals surface area (Å²) in [7, 11) is -2.56. The maximum absolute atomic E-state index is 7.66. The van der Waals surface area contributed by atoms with E-state index >= 15 is 0 Å². The highest BCUT2D eigenvalue weighted by atomic mass is 31.2. The van der Waals surface area contributed by atoms with Crippen LogP contribution in [0.3, 0.4) is 0 Å². The lowest BCUT2D eigenvalue weighted by Crippen LogP contribution is -2.36. The van der Waals surface area contributed by atoms with E-state index in [0.29, 0.717) is 5.66 Å². The van der Waals surface area contributed by atoms with Gasteiger partial charge in [-0.3, -0.25) is 0 Å². The lowest BCUT2D eigenvalue weighted by molar-refractivity contribution is 0.508. The Balaban J connectivity index is 2.73. The summed E-state index contributed by atoms with van der Waals surface area (Å²) in [5.74, 6) is 0. The first kappa shape index (κ1) is 50.9. The molecular formula is C50H87O2P3Si2. The molecule has 0 bridgehead atoms. The first-order valence-corrected chi connectivity index (χ1v) is 32.1. The van der Waals surface area contributed by atoms with Crippen LogP contribution in [0.5, 0.6) is 0 Å². The zero-order valence-corrected chi connectivity index (χ0v) is 46.3. The van der Waals surface area contributed by atoms with Crippen molar-refractivity contribution in [2.45, 2.75) is 234 Å². The van der Waals surface area contributed by atoms with Gasteiger partial charge in [0.1, 0.15) is 0 Å². The normalized spacial score (nSPS) is 17.3. The monoisotopic (exact) mass is 869 g/mol. The zero-order chi connectivity index (χ0) is 44.1. The Morgan fingerprint density at radius 2 is 0.719 bits per heavy atom. The van der Waals surface area contributed by atoms with Gasteiger partial charge in [0.05, 0.1) is 10.4 Å². The summed E-state index contributed by atoms with van der Waals surface area (Å²) in [6, 6.07) is 10.2. The van der Waals surface area contributed by atoms with Crippen LogP contribution in [0, 0.1) is 0 Å². The molecule has 0 N–H and O–H groups in total. The molecule has 1 aliphatic carbocycles. The third kappa shape index (κ3) is 14.3. The van der Waals surface area contributed by atoms with Crippen molar-refractivity contribution in [2.75, 3.05) is 0 Å². The average molecular weight is 869 g/mol. The third-order valence-electron chi connectivity index (χ3n) is 10.7. The summed E-state index contributed by atoms with van der Waals surface area (Å²) in [5, 5.41) is 5.53. The largest absolute Gasteiger partial charge is 0.381 e. The van der Waals surface area contributed by atoms with Gasteiger partial charge in [-0.25, -0.2) is 0 Å². The van der Waals surface area contributed by atoms with Crippen molar-refractivity contribution in [1.29, 1.82) is 0 Å². The topological polar surface area (TPSA) is 18.5 Å². The van der Waals surface area contributed by atoms with Gasteiger partial charge in [-0.1, -0.05) is 168 Å². The second-order valence-corrected chi connectivity index (χ2v) is 39.2. The van der Waals surface area contributed by atoms with Gasteiger partial charge in [0.15, 0.2) is 16.6 Å². The van der Waals surface area contributed by atoms with Gasteiger partial charge in [0, 0.05) is 18.5 Å². The highest BCUT2D eigenvalue weighted by Gasteiger charge is 2.39. The molecule has 322 valence electrons. The fourth-order valence-electron chi connectivity index (χ4n) is 7.39. The van der Waals surface area contributed by atoms with Crippen molar-refractivity contribution in [3.05, 3.63) is 57.6 Å². The van der Waals surface area contributed by atoms with Crippen LogP contribution in [0.15, 0.2) is 24.3 Å². The molecule has 1 saturated carbocycles. The molecule has 0 saturated heterocycles. The van der Waals surface area contributed by atoms with Crippen LogP contribution in [0.1, 0.15) is 190 Å². The van der Waals surface area contributed by atoms with Crippen LogP contribution in [-0.4, -0.2) is 32.7 Å². The molecule has 1 aliphatic rings. The first-order chi connectivity index (χ1) is 25.3. The molecule has 57 heavy (non-hydrogen) atoms. The van der Waals surface area contributed by atoms with E-state index in [-0.39, 0.29) is 32.5 Å². The Labute approximate surface area is 360 Å². The molecule has 0 heterocycles. The van der Waals surface area contributed by atoms with Gasteiger partial charge in [-0.2, -0.15) is 0 Å². The van der Waals surface area contributed by atoms with E-state index in [2.05, 4.69) is 188 Å². The summed E-state index contributed by atoms with van der Waals surface area (Å²) < 4.78 is 15.3. The highest BCUT2D eigenvalue weighted by Crippen LogP contribution is 2.56. The molecular weight excluding hydrogens is 782 g/mol. The van der Waals surface area contributed by atoms with E-state index in [1.807, 2.05) is 0 Å². The molecule has 2 nitrogen and oxygen atoms in total. The van der Waals surface area contributed by atoms with Crippen molar-refractivity contribution in [1.82, 2.24) is 0 Å². The van der Waals surface area contributed by atoms with Crippen molar-refractivity contribution in [3.8, 4) is 0 Å². The van der Waals surface area contributed by atoms with Gasteiger partial charge in [0.2, 0.25) is 0 Å². The summed E-state index contributed by atoms with van der Waals surface area (Å²) >= 11 is 0. The molecule has 0 spiro atoms. The second kappa shape index (κ2) is 17.7. The smallest absolute Gasteiger partial charge is 0.192 e. The van der Waals surface area contributed by atoms with Gasteiger partial charge in [0.25, 0.3) is 0 Å². The molecule has 2 aromatic rings. The molecule has 1 fully saturated rings. The van der Waals surface area contributed by atoms with Crippen molar-refractivity contribution < 1.29 is 8.85 Å². The molecule has 0 unspecified atom stereocenters. The Morgan fingerprint density at radius 1 is 0.456 bits per heavy atom. The molecule has 0 aromatic heterocycles. The lowest BCUT2D eigenvalue weighted by Gasteiger charge is -2.38. The van der Waals surface area contributed by atoms with Gasteiger partial charge < -0.3 is 8.85 Å². The maximum atomic E-state index is 7.66. The lowest BCUT2D eigenvalue weighted by atomic mass is 9.75. The maximum Gasteiger partial charge on any atom is 0.192 e. The standard InChI is InChI=1S/C50H87O2P3Si2/c1-45(2,3)34-30-37(47(7,8)9)41(38(31-34)48(10,11)12)53-43(51-56(19,20)21)55(36-28-26-25-27-29-36)44(52-57(22,23)24)54-42-39(49(13,14)15)32-35(46(4,5)6)33-40(42)50(16,17)18/h30-33,36H,25-29H2,1-24H3. The minimum absolute atomic E-state index is 0.0287. The van der Waals surface area contributed by atoms with Crippen LogP contribution < -0.4 is 10.6 Å². The van der Waals surface area contributed by atoms with Gasteiger partial charge in [-0.15, -0.1) is 0 Å². The number of benzene rings is 2. The van der Waals surface area contributed by atoms with E-state index in [9.17, 15) is 0 Å². The quantitative estimate of drug-likeness (QED) is 0.185. The first-order valence-electron chi connectivity index (χ1n) is 22.0. The SMILES string of the molecule is CC(C)(C)c1cc(C(C)(C)C)c(P=C(O[Si](C)(C)C)P(C(O[Si](C)(C)C)=Pc2c(C(C)(C)C)cc(C(C)(C)C)cc2C(C)(C)C)C2CCCCC2)c(C(C)(C)C)c1. The van der Waals surface area contributed by atoms with Gasteiger partial charge >= 0.3 is 0 Å². The minimum atomic E-state index is -2.06. The number of rotatable bonds is 9. The Bertz CT molecular complexity index is 1580. The van der Waals surface area contributed by atoms with Gasteiger partial charge in [-0.05, 0) is 140 Å². The van der Waals surface area contributed by atoms with Crippen LogP contribution in [0.25, 0.3) is 0 Å². The summed E-state index contributed by atoms with van der Waals surface area (Å²) in [5.41, 5.74) is 9.23. The Morgan fingerprint density at radius 3 is 0.930 bits per heavy atom. The fourth-order valence-corrected chi connectivity index (χ4v) is 20.3. The molecule has 0 amide bonds. The summed E-state index contributed by atoms with van der Waals surface area (Å²) in [6.45, 7) is 57.5. The predicted molar refractivity (Wildman–Crippen MR) is 271 cm³/mol. The minimum Gasteiger partial charge on any atom is -0.381 e. The molecule has 7 heteroatoms. The van der Waals surface area contributed by atoms with Crippen molar-refractivity contribution >= 4 is 62.0 Å². The highest BCUT2D eigenvalue weighted by molar-refractivity contribution is 8.02. The van der Waals surface area contributed by atoms with E-state index in [4.69, 9.17) is 8.85 Å². The Kier molecular flexibility index (Phi) is 15.8. The van der Waals surface area contributed by atoms with Crippen molar-refractivity contribution in [3.63, 3.8) is 0 Å². The van der Waals surface area contributed by atoms with E-state index in [0.717, 1.165) is 0 Å². The summed E-state index contributed by atoms with van der Waals surface area (Å²) in [6.07, 6.45) is 6.40. The van der Waals surface area contributed by atoms with E-state index < -0.39 is 24.6 Å². The van der Waals surface area contributed by atoms with Crippen LogP contribution in [0.2, 0.25) is 39.3 Å². The number of hydrogen-bond donors (Lipinski definition) is 0. The molecule has 0 radical (unpaired) electrons. The molecule has 0 aliphatic heterocycles. The van der Waals surface area contributed by atoms with Crippen LogP contribution >= 0.6 is 24.3 Å². The predicted octanol–water partition coefficient (Wildman–Crippen LogP) is 16.0. The zero-order valence-electron chi connectivity index (χ0n) is 41.6. The second-order valence-electron chi connectivity index (χ2n) is 25.2. The third-order valence-corrected chi connectivity index (χ3v) is 19.2. The van der Waals surface area contributed by atoms with Crippen molar-refractivity contribution in [2.24, 2.45) is 0 Å². The molecule has 0 atom stereocenters. The number of hydrogen-bond acceptors (Lipinski definition) is 2. The van der Waals surface area contributed by atoms with Crippen LogP contribution in [-0.2, 0) is 41.3 Å². The average Bonchev–Trinajstić information content (AvgIpc) is 2.96. The molecule has 2 aromatic carbocycles. The van der Waals surface area contributed by atoms with E-state index in [1.165, 1.54) is 103 Å².